The van der Waals surface area contributed by atoms with Crippen LogP contribution in [0.15, 0.2) is 41.8 Å². The highest BCUT2D eigenvalue weighted by molar-refractivity contribution is 7.13. The summed E-state index contributed by atoms with van der Waals surface area (Å²) >= 11 is 1.75. The minimum atomic E-state index is 1.04. The molecule has 3 heterocycles. The van der Waals surface area contributed by atoms with Crippen molar-refractivity contribution in [2.75, 3.05) is 38.1 Å². The molecule has 4 heteroatoms. The van der Waals surface area contributed by atoms with Gasteiger partial charge in [-0.25, -0.2) is 4.98 Å². The summed E-state index contributed by atoms with van der Waals surface area (Å²) in [6.07, 6.45) is 0. The lowest BCUT2D eigenvalue weighted by Gasteiger charge is -2.34. The van der Waals surface area contributed by atoms with Gasteiger partial charge in [0.2, 0.25) is 0 Å². The van der Waals surface area contributed by atoms with Crippen LogP contribution in [0.5, 0.6) is 0 Å². The molecule has 0 amide bonds. The number of hydrogen-bond acceptors (Lipinski definition) is 4. The summed E-state index contributed by atoms with van der Waals surface area (Å²) < 4.78 is 0. The summed E-state index contributed by atoms with van der Waals surface area (Å²) in [7, 11) is 2.19. The number of benzene rings is 1. The van der Waals surface area contributed by atoms with Crippen LogP contribution < -0.4 is 4.90 Å². The average Bonchev–Trinajstić information content (AvgIpc) is 3.09. The molecule has 1 aliphatic heterocycles. The van der Waals surface area contributed by atoms with Crippen molar-refractivity contribution in [3.05, 3.63) is 47.3 Å². The maximum absolute atomic E-state index is 5.05. The number of hydrogen-bond donors (Lipinski definition) is 0. The van der Waals surface area contributed by atoms with Crippen LogP contribution in [-0.4, -0.2) is 43.1 Å². The minimum absolute atomic E-state index is 1.04. The van der Waals surface area contributed by atoms with Crippen LogP contribution in [-0.2, 0) is 0 Å². The van der Waals surface area contributed by atoms with Crippen molar-refractivity contribution in [3.8, 4) is 10.6 Å². The smallest absolute Gasteiger partial charge is 0.137 e. The molecule has 118 valence electrons. The van der Waals surface area contributed by atoms with Gasteiger partial charge in [-0.05, 0) is 42.9 Å². The van der Waals surface area contributed by atoms with E-state index in [9.17, 15) is 0 Å². The molecule has 0 spiro atoms. The first-order valence-corrected chi connectivity index (χ1v) is 8.97. The molecule has 1 saturated heterocycles. The number of thiophene rings is 1. The Balaban J connectivity index is 1.87. The lowest BCUT2D eigenvalue weighted by atomic mass is 10.1. The van der Waals surface area contributed by atoms with E-state index in [1.54, 1.807) is 11.3 Å². The quantitative estimate of drug-likeness (QED) is 0.710. The van der Waals surface area contributed by atoms with Gasteiger partial charge in [0, 0.05) is 31.6 Å². The van der Waals surface area contributed by atoms with Crippen molar-refractivity contribution in [1.82, 2.24) is 9.88 Å². The summed E-state index contributed by atoms with van der Waals surface area (Å²) in [4.78, 5) is 11.1. The van der Waals surface area contributed by atoms with Gasteiger partial charge in [0.05, 0.1) is 10.6 Å². The third kappa shape index (κ3) is 2.84. The Morgan fingerprint density at radius 1 is 1.04 bits per heavy atom. The molecule has 3 aromatic rings. The molecule has 4 rings (SSSR count). The fourth-order valence-corrected chi connectivity index (χ4v) is 3.84. The first kappa shape index (κ1) is 14.7. The fourth-order valence-electron chi connectivity index (χ4n) is 3.15. The molecule has 0 unspecified atom stereocenters. The van der Waals surface area contributed by atoms with Crippen LogP contribution in [0.3, 0.4) is 0 Å². The molecule has 0 saturated carbocycles. The van der Waals surface area contributed by atoms with Crippen molar-refractivity contribution in [2.45, 2.75) is 6.92 Å². The van der Waals surface area contributed by atoms with Gasteiger partial charge in [0.1, 0.15) is 5.82 Å². The van der Waals surface area contributed by atoms with Crippen LogP contribution in [0.2, 0.25) is 0 Å². The number of aryl methyl sites for hydroxylation is 1. The first-order chi connectivity index (χ1) is 11.2. The van der Waals surface area contributed by atoms with Crippen LogP contribution in [0.4, 0.5) is 5.82 Å². The fraction of sp³-hybridized carbons (Fsp3) is 0.316. The van der Waals surface area contributed by atoms with E-state index in [1.165, 1.54) is 21.2 Å². The SMILES string of the molecule is Cc1ccc2cc(-c3cccs3)nc(N3CCN(C)CC3)c2c1. The van der Waals surface area contributed by atoms with Crippen LogP contribution in [0.25, 0.3) is 21.3 Å². The second kappa shape index (κ2) is 5.95. The molecule has 0 atom stereocenters. The zero-order valence-corrected chi connectivity index (χ0v) is 14.4. The van der Waals surface area contributed by atoms with E-state index in [1.807, 2.05) is 0 Å². The largest absolute Gasteiger partial charge is 0.354 e. The van der Waals surface area contributed by atoms with Crippen molar-refractivity contribution < 1.29 is 0 Å². The van der Waals surface area contributed by atoms with Gasteiger partial charge < -0.3 is 9.80 Å². The van der Waals surface area contributed by atoms with Crippen LogP contribution >= 0.6 is 11.3 Å². The van der Waals surface area contributed by atoms with Crippen LogP contribution in [0.1, 0.15) is 5.56 Å². The zero-order valence-electron chi connectivity index (χ0n) is 13.6. The van der Waals surface area contributed by atoms with E-state index in [0.717, 1.165) is 37.7 Å². The van der Waals surface area contributed by atoms with Crippen molar-refractivity contribution >= 4 is 27.9 Å². The normalized spacial score (nSPS) is 16.2. The number of rotatable bonds is 2. The molecule has 2 aromatic heterocycles. The van der Waals surface area contributed by atoms with Gasteiger partial charge in [-0.3, -0.25) is 0 Å². The number of fused-ring (bicyclic) bond motifs is 1. The Morgan fingerprint density at radius 2 is 1.87 bits per heavy atom. The Morgan fingerprint density at radius 3 is 2.61 bits per heavy atom. The Hall–Kier alpha value is -1.91. The first-order valence-electron chi connectivity index (χ1n) is 8.09. The van der Waals surface area contributed by atoms with E-state index >= 15 is 0 Å². The molecular formula is C19H21N3S. The highest BCUT2D eigenvalue weighted by Crippen LogP contribution is 2.32. The predicted molar refractivity (Wildman–Crippen MR) is 99.5 cm³/mol. The van der Waals surface area contributed by atoms with Crippen molar-refractivity contribution in [2.24, 2.45) is 0 Å². The highest BCUT2D eigenvalue weighted by atomic mass is 32.1. The van der Waals surface area contributed by atoms with Gasteiger partial charge in [0.25, 0.3) is 0 Å². The molecule has 1 aromatic carbocycles. The van der Waals surface area contributed by atoms with Gasteiger partial charge >= 0.3 is 0 Å². The zero-order chi connectivity index (χ0) is 15.8. The lowest BCUT2D eigenvalue weighted by Crippen LogP contribution is -2.44. The van der Waals surface area contributed by atoms with Gasteiger partial charge in [-0.15, -0.1) is 11.3 Å². The number of piperazine rings is 1. The van der Waals surface area contributed by atoms with Gasteiger partial charge in [0.15, 0.2) is 0 Å². The molecule has 0 bridgehead atoms. The molecule has 1 aliphatic rings. The summed E-state index contributed by atoms with van der Waals surface area (Å²) in [6.45, 7) is 6.43. The Labute approximate surface area is 141 Å². The summed E-state index contributed by atoms with van der Waals surface area (Å²) in [5.74, 6) is 1.14. The summed E-state index contributed by atoms with van der Waals surface area (Å²) in [5.41, 5.74) is 2.38. The van der Waals surface area contributed by atoms with E-state index in [-0.39, 0.29) is 0 Å². The summed E-state index contributed by atoms with van der Waals surface area (Å²) in [6, 6.07) is 13.2. The van der Waals surface area contributed by atoms with Crippen molar-refractivity contribution in [3.63, 3.8) is 0 Å². The molecular weight excluding hydrogens is 302 g/mol. The van der Waals surface area contributed by atoms with E-state index in [4.69, 9.17) is 4.98 Å². The Kier molecular flexibility index (Phi) is 3.79. The molecule has 23 heavy (non-hydrogen) atoms. The topological polar surface area (TPSA) is 19.4 Å². The molecule has 0 aliphatic carbocycles. The van der Waals surface area contributed by atoms with E-state index in [0.29, 0.717) is 0 Å². The highest BCUT2D eigenvalue weighted by Gasteiger charge is 2.19. The van der Waals surface area contributed by atoms with E-state index < -0.39 is 0 Å². The number of anilines is 1. The number of aromatic nitrogens is 1. The number of pyridine rings is 1. The predicted octanol–water partition coefficient (Wildman–Crippen LogP) is 4.02. The van der Waals surface area contributed by atoms with Crippen LogP contribution in [0, 0.1) is 6.92 Å². The minimum Gasteiger partial charge on any atom is -0.354 e. The maximum atomic E-state index is 5.05. The third-order valence-electron chi connectivity index (χ3n) is 4.54. The summed E-state index contributed by atoms with van der Waals surface area (Å²) in [5, 5.41) is 4.67. The number of likely N-dealkylation sites (N-methyl/N-ethyl adjacent to an activating group) is 1. The van der Waals surface area contributed by atoms with E-state index in [2.05, 4.69) is 65.5 Å². The second-order valence-corrected chi connectivity index (χ2v) is 7.27. The lowest BCUT2D eigenvalue weighted by molar-refractivity contribution is 0.312. The van der Waals surface area contributed by atoms with Gasteiger partial charge in [-0.2, -0.15) is 0 Å². The third-order valence-corrected chi connectivity index (χ3v) is 5.44. The second-order valence-electron chi connectivity index (χ2n) is 6.32. The number of nitrogens with zero attached hydrogens (tertiary/aromatic N) is 3. The maximum Gasteiger partial charge on any atom is 0.137 e. The molecule has 1 fully saturated rings. The molecule has 0 N–H and O–H groups in total. The molecule has 3 nitrogen and oxygen atoms in total. The van der Waals surface area contributed by atoms with Crippen molar-refractivity contribution in [1.29, 1.82) is 0 Å². The monoisotopic (exact) mass is 323 g/mol. The standard InChI is InChI=1S/C19H21N3S/c1-14-5-6-15-13-17(18-4-3-11-23-18)20-19(16(15)12-14)22-9-7-21(2)8-10-22/h3-6,11-13H,7-10H2,1-2H3. The average molecular weight is 323 g/mol. The Bertz CT molecular complexity index is 818. The van der Waals surface area contributed by atoms with Gasteiger partial charge in [-0.1, -0.05) is 23.8 Å². The molecule has 0 radical (unpaired) electrons.